The Labute approximate surface area is 135 Å². The van der Waals surface area contributed by atoms with Crippen molar-refractivity contribution in [2.24, 2.45) is 0 Å². The Morgan fingerprint density at radius 2 is 1.65 bits per heavy atom. The Bertz CT molecular complexity index is 850. The van der Waals surface area contributed by atoms with Crippen molar-refractivity contribution in [3.05, 3.63) is 72.0 Å². The zero-order valence-corrected chi connectivity index (χ0v) is 13.4. The van der Waals surface area contributed by atoms with Gasteiger partial charge in [0.25, 0.3) is 0 Å². The van der Waals surface area contributed by atoms with Gasteiger partial charge in [-0.2, -0.15) is 0 Å². The maximum Gasteiger partial charge on any atom is 0.198 e. The van der Waals surface area contributed by atoms with Gasteiger partial charge in [-0.1, -0.05) is 30.3 Å². The number of allylic oxidation sites excluding steroid dienone is 2. The molecule has 1 aliphatic rings. The van der Waals surface area contributed by atoms with Crippen LogP contribution in [0.1, 0.15) is 17.9 Å². The summed E-state index contributed by atoms with van der Waals surface area (Å²) in [4.78, 5) is 12.4. The number of benzene rings is 2. The number of hydrogen-bond donors (Lipinski definition) is 0. The van der Waals surface area contributed by atoms with Crippen LogP contribution in [0.15, 0.2) is 71.3 Å². The van der Waals surface area contributed by atoms with Crippen molar-refractivity contribution in [2.75, 3.05) is 6.26 Å². The van der Waals surface area contributed by atoms with Crippen molar-refractivity contribution in [1.82, 2.24) is 0 Å². The summed E-state index contributed by atoms with van der Waals surface area (Å²) in [5, 5.41) is 0. The van der Waals surface area contributed by atoms with E-state index in [0.717, 1.165) is 5.56 Å². The van der Waals surface area contributed by atoms with E-state index in [4.69, 9.17) is 4.74 Å². The van der Waals surface area contributed by atoms with Crippen LogP contribution < -0.4 is 4.74 Å². The Morgan fingerprint density at radius 1 is 1.00 bits per heavy atom. The largest absolute Gasteiger partial charge is 0.454 e. The Kier molecular flexibility index (Phi) is 4.05. The molecule has 23 heavy (non-hydrogen) atoms. The molecule has 2 aromatic rings. The molecule has 0 aromatic heterocycles. The first-order chi connectivity index (χ1) is 10.9. The number of hydrogen-bond acceptors (Lipinski definition) is 4. The van der Waals surface area contributed by atoms with Crippen LogP contribution in [0.2, 0.25) is 0 Å². The van der Waals surface area contributed by atoms with Gasteiger partial charge in [0.05, 0.1) is 4.90 Å². The zero-order valence-electron chi connectivity index (χ0n) is 12.6. The first-order valence-corrected chi connectivity index (χ1v) is 9.10. The van der Waals surface area contributed by atoms with Crippen LogP contribution in [0.25, 0.3) is 0 Å². The van der Waals surface area contributed by atoms with Gasteiger partial charge >= 0.3 is 0 Å². The monoisotopic (exact) mass is 328 g/mol. The average Bonchev–Trinajstić information content (AvgIpc) is 2.89. The fraction of sp³-hybridized carbons (Fsp3) is 0.167. The molecule has 5 heteroatoms. The van der Waals surface area contributed by atoms with E-state index in [0.29, 0.717) is 17.9 Å². The molecule has 0 saturated carbocycles. The van der Waals surface area contributed by atoms with Crippen molar-refractivity contribution in [2.45, 2.75) is 17.2 Å². The van der Waals surface area contributed by atoms with Crippen molar-refractivity contribution in [3.8, 4) is 5.75 Å². The molecule has 3 rings (SSSR count). The molecule has 0 aliphatic heterocycles. The van der Waals surface area contributed by atoms with E-state index in [1.165, 1.54) is 6.26 Å². The van der Waals surface area contributed by atoms with Gasteiger partial charge in [-0.15, -0.1) is 0 Å². The first-order valence-electron chi connectivity index (χ1n) is 7.21. The zero-order chi connectivity index (χ0) is 16.4. The van der Waals surface area contributed by atoms with Crippen LogP contribution in [-0.2, 0) is 14.6 Å². The maximum absolute atomic E-state index is 12.1. The second kappa shape index (κ2) is 6.01. The Balaban J connectivity index is 1.81. The minimum atomic E-state index is -3.21. The molecule has 1 unspecified atom stereocenters. The van der Waals surface area contributed by atoms with Gasteiger partial charge in [0, 0.05) is 18.6 Å². The summed E-state index contributed by atoms with van der Waals surface area (Å²) in [6.07, 6.45) is 3.30. The van der Waals surface area contributed by atoms with Crippen LogP contribution >= 0.6 is 0 Å². The highest BCUT2D eigenvalue weighted by Crippen LogP contribution is 2.32. The second-order valence-electron chi connectivity index (χ2n) is 5.52. The Morgan fingerprint density at radius 3 is 2.26 bits per heavy atom. The summed E-state index contributed by atoms with van der Waals surface area (Å²) in [7, 11) is -3.21. The second-order valence-corrected chi connectivity index (χ2v) is 7.54. The molecule has 0 saturated heterocycles. The van der Waals surface area contributed by atoms with E-state index in [1.807, 2.05) is 18.2 Å². The van der Waals surface area contributed by atoms with E-state index in [1.54, 1.807) is 42.5 Å². The van der Waals surface area contributed by atoms with E-state index in [-0.39, 0.29) is 16.6 Å². The quantitative estimate of drug-likeness (QED) is 0.865. The van der Waals surface area contributed by atoms with Gasteiger partial charge in [0.1, 0.15) is 5.75 Å². The van der Waals surface area contributed by atoms with Crippen molar-refractivity contribution in [1.29, 1.82) is 0 Å². The van der Waals surface area contributed by atoms with Crippen LogP contribution in [-0.4, -0.2) is 20.5 Å². The lowest BCUT2D eigenvalue weighted by Gasteiger charge is -2.07. The lowest BCUT2D eigenvalue weighted by Crippen LogP contribution is -2.03. The molecule has 0 bridgehead atoms. The molecule has 4 nitrogen and oxygen atoms in total. The number of carbonyl (C=O) groups excluding carboxylic acids is 1. The number of ether oxygens (including phenoxy) is 1. The molecular weight excluding hydrogens is 312 g/mol. The fourth-order valence-corrected chi connectivity index (χ4v) is 3.15. The number of ketones is 1. The summed E-state index contributed by atoms with van der Waals surface area (Å²) in [5.41, 5.74) is 0.900. The number of para-hydroxylation sites is 1. The molecule has 1 atom stereocenters. The predicted molar refractivity (Wildman–Crippen MR) is 87.1 cm³/mol. The SMILES string of the molecule is CS(=O)(=O)c1ccc(C2C=C(Oc3ccccc3)C(=O)C2)cc1. The third-order valence-corrected chi connectivity index (χ3v) is 4.87. The van der Waals surface area contributed by atoms with Gasteiger partial charge in [-0.05, 0) is 35.9 Å². The smallest absolute Gasteiger partial charge is 0.198 e. The minimum Gasteiger partial charge on any atom is -0.454 e. The number of rotatable bonds is 4. The molecule has 0 fully saturated rings. The highest BCUT2D eigenvalue weighted by molar-refractivity contribution is 7.90. The fourth-order valence-electron chi connectivity index (χ4n) is 2.52. The summed E-state index contributed by atoms with van der Waals surface area (Å²) in [5.74, 6) is 0.828. The lowest BCUT2D eigenvalue weighted by molar-refractivity contribution is -0.116. The molecule has 2 aromatic carbocycles. The minimum absolute atomic E-state index is 0.0500. The van der Waals surface area contributed by atoms with Gasteiger partial charge in [-0.25, -0.2) is 8.42 Å². The van der Waals surface area contributed by atoms with Crippen molar-refractivity contribution >= 4 is 15.6 Å². The Hall–Kier alpha value is -2.40. The first kappa shape index (κ1) is 15.5. The topological polar surface area (TPSA) is 60.4 Å². The number of Topliss-reactive ketones (excluding diaryl/α,β-unsaturated/α-hetero) is 1. The van der Waals surface area contributed by atoms with E-state index >= 15 is 0 Å². The average molecular weight is 328 g/mol. The van der Waals surface area contributed by atoms with Gasteiger partial charge in [0.15, 0.2) is 21.4 Å². The molecule has 1 aliphatic carbocycles. The highest BCUT2D eigenvalue weighted by atomic mass is 32.2. The number of carbonyl (C=O) groups is 1. The van der Waals surface area contributed by atoms with Crippen molar-refractivity contribution < 1.29 is 17.9 Å². The summed E-state index contributed by atoms with van der Waals surface area (Å²) in [6, 6.07) is 15.8. The van der Waals surface area contributed by atoms with Gasteiger partial charge in [-0.3, -0.25) is 4.79 Å². The van der Waals surface area contributed by atoms with Crippen molar-refractivity contribution in [3.63, 3.8) is 0 Å². The molecular formula is C18H16O4S. The van der Waals surface area contributed by atoms with Crippen LogP contribution in [0.3, 0.4) is 0 Å². The third kappa shape index (κ3) is 3.51. The maximum atomic E-state index is 12.1. The predicted octanol–water partition coefficient (Wildman–Crippen LogP) is 3.11. The summed E-state index contributed by atoms with van der Waals surface area (Å²) >= 11 is 0. The van der Waals surface area contributed by atoms with E-state index < -0.39 is 9.84 Å². The normalized spacial score (nSPS) is 17.9. The van der Waals surface area contributed by atoms with Crippen LogP contribution in [0.4, 0.5) is 0 Å². The third-order valence-electron chi connectivity index (χ3n) is 3.74. The van der Waals surface area contributed by atoms with Gasteiger partial charge < -0.3 is 4.74 Å². The van der Waals surface area contributed by atoms with Crippen LogP contribution in [0.5, 0.6) is 5.75 Å². The van der Waals surface area contributed by atoms with Gasteiger partial charge in [0.2, 0.25) is 0 Å². The molecule has 0 N–H and O–H groups in total. The van der Waals surface area contributed by atoms with E-state index in [9.17, 15) is 13.2 Å². The van der Waals surface area contributed by atoms with E-state index in [2.05, 4.69) is 0 Å². The standard InChI is InChI=1S/C18H16O4S/c1-23(20,21)16-9-7-13(8-10-16)14-11-17(19)18(12-14)22-15-5-3-2-4-6-15/h2-10,12,14H,11H2,1H3. The number of sulfone groups is 1. The molecule has 0 amide bonds. The molecule has 118 valence electrons. The molecule has 0 radical (unpaired) electrons. The molecule has 0 heterocycles. The van der Waals surface area contributed by atoms with Crippen LogP contribution in [0, 0.1) is 0 Å². The summed E-state index contributed by atoms with van der Waals surface area (Å²) in [6.45, 7) is 0. The lowest BCUT2D eigenvalue weighted by atomic mass is 9.99. The highest BCUT2D eigenvalue weighted by Gasteiger charge is 2.27. The summed E-state index contributed by atoms with van der Waals surface area (Å²) < 4.78 is 28.6. The molecule has 0 spiro atoms.